The van der Waals surface area contributed by atoms with Crippen molar-refractivity contribution in [1.82, 2.24) is 0 Å². The van der Waals surface area contributed by atoms with Crippen molar-refractivity contribution in [3.8, 4) is 0 Å². The van der Waals surface area contributed by atoms with Gasteiger partial charge in [-0.1, -0.05) is 4.32 Å². The molecule has 1 nitrogen and oxygen atoms in total. The van der Waals surface area contributed by atoms with Crippen LogP contribution in [0.2, 0.25) is 9.62 Å². The topological polar surface area (TPSA) is 26.0 Å². The molecule has 0 saturated carbocycles. The number of thiocarbonyl (C=S) groups is 1. The number of nitrogens with two attached hydrogens (primary N) is 1. The number of hydrogen-bond acceptors (Lipinski definition) is 2. The number of hydrogen-bond donors (Lipinski definition) is 1. The first-order chi connectivity index (χ1) is 11.1. The molecule has 0 aliphatic heterocycles. The van der Waals surface area contributed by atoms with E-state index in [9.17, 15) is 0 Å². The zero-order chi connectivity index (χ0) is 17.3. The molecule has 1 aromatic rings. The zero-order valence-electron chi connectivity index (χ0n) is 14.8. The molecule has 0 aliphatic rings. The Morgan fingerprint density at radius 1 is 0.913 bits per heavy atom. The molecule has 0 spiro atoms. The van der Waals surface area contributed by atoms with E-state index >= 15 is 0 Å². The Hall–Kier alpha value is 0.0183. The van der Waals surface area contributed by atoms with Gasteiger partial charge in [0, 0.05) is 0 Å². The predicted molar refractivity (Wildman–Crippen MR) is 108 cm³/mol. The Morgan fingerprint density at radius 2 is 1.35 bits per heavy atom. The van der Waals surface area contributed by atoms with Crippen molar-refractivity contribution < 1.29 is 17.3 Å². The summed E-state index contributed by atoms with van der Waals surface area (Å²) < 4.78 is 1.82. The second kappa shape index (κ2) is 16.9. The van der Waals surface area contributed by atoms with Gasteiger partial charge in [-0.05, 0) is 0 Å². The van der Waals surface area contributed by atoms with Crippen LogP contribution in [0, 0.1) is 0 Å². The van der Waals surface area contributed by atoms with Crippen LogP contribution in [0.1, 0.15) is 65.2 Å². The van der Waals surface area contributed by atoms with E-state index in [4.69, 9.17) is 0 Å². The van der Waals surface area contributed by atoms with Gasteiger partial charge in [-0.2, -0.15) is 0 Å². The SMILES string of the molecule is CCCCC[CH2][Mo+]([CH2]CCCCC)[c]1ccccc1.NC(=S)[S-]. The quantitative estimate of drug-likeness (QED) is 0.209. The van der Waals surface area contributed by atoms with Gasteiger partial charge in [0.15, 0.2) is 0 Å². The van der Waals surface area contributed by atoms with Crippen LogP contribution < -0.4 is 9.69 Å². The maximum absolute atomic E-state index is 4.66. The van der Waals surface area contributed by atoms with Crippen molar-refractivity contribution >= 4 is 33.1 Å². The maximum Gasteiger partial charge on any atom is -0.0708 e. The van der Waals surface area contributed by atoms with Crippen molar-refractivity contribution in [2.75, 3.05) is 0 Å². The first-order valence-corrected chi connectivity index (χ1v) is 13.5. The van der Waals surface area contributed by atoms with E-state index in [-0.39, 0.29) is 4.32 Å². The van der Waals surface area contributed by atoms with Crippen molar-refractivity contribution in [2.24, 2.45) is 5.73 Å². The van der Waals surface area contributed by atoms with Gasteiger partial charge in [-0.15, -0.1) is 0 Å². The van der Waals surface area contributed by atoms with E-state index in [1.807, 2.05) is 0 Å². The largest absolute Gasteiger partial charge is 0.415 e. The van der Waals surface area contributed by atoms with Crippen molar-refractivity contribution in [3.63, 3.8) is 0 Å². The number of rotatable bonds is 11. The summed E-state index contributed by atoms with van der Waals surface area (Å²) in [5, 5.41) is 0. The monoisotopic (exact) mass is 437 g/mol. The van der Waals surface area contributed by atoms with Gasteiger partial charge in [0.25, 0.3) is 0 Å². The minimum atomic E-state index is -1.01. The average Bonchev–Trinajstić information content (AvgIpc) is 2.54. The number of benzene rings is 1. The summed E-state index contributed by atoms with van der Waals surface area (Å²) in [5.41, 5.74) is 4.66. The molecule has 0 saturated heterocycles. The predicted octanol–water partition coefficient (Wildman–Crippen LogP) is 5.70. The van der Waals surface area contributed by atoms with Crippen LogP contribution in [0.25, 0.3) is 0 Å². The molecular formula is C19H33MoNS2. The second-order valence-electron chi connectivity index (χ2n) is 5.65. The van der Waals surface area contributed by atoms with E-state index in [1.165, 1.54) is 51.4 Å². The van der Waals surface area contributed by atoms with Gasteiger partial charge >= 0.3 is 126 Å². The zero-order valence-corrected chi connectivity index (χ0v) is 18.4. The minimum Gasteiger partial charge on any atom is -0.415 e. The van der Waals surface area contributed by atoms with E-state index < -0.39 is 17.3 Å². The van der Waals surface area contributed by atoms with E-state index in [0.29, 0.717) is 0 Å². The van der Waals surface area contributed by atoms with Crippen LogP contribution in [0.5, 0.6) is 0 Å². The van der Waals surface area contributed by atoms with Crippen LogP contribution >= 0.6 is 12.2 Å². The summed E-state index contributed by atoms with van der Waals surface area (Å²) in [6.45, 7) is 4.61. The van der Waals surface area contributed by atoms with Gasteiger partial charge in [-0.3, -0.25) is 0 Å². The first-order valence-electron chi connectivity index (χ1n) is 8.80. The van der Waals surface area contributed by atoms with Gasteiger partial charge in [0.05, 0.1) is 0 Å². The third-order valence-electron chi connectivity index (χ3n) is 3.57. The fraction of sp³-hybridized carbons (Fsp3) is 0.632. The molecule has 0 heterocycles. The maximum atomic E-state index is 4.66. The Kier molecular flexibility index (Phi) is 16.9. The third kappa shape index (κ3) is 15.3. The molecular weight excluding hydrogens is 402 g/mol. The average molecular weight is 436 g/mol. The molecule has 2 N–H and O–H groups in total. The Balaban J connectivity index is 0.00000108. The summed E-state index contributed by atoms with van der Waals surface area (Å²) in [6.07, 6.45) is 11.4. The molecule has 0 aromatic heterocycles. The van der Waals surface area contributed by atoms with Crippen molar-refractivity contribution in [1.29, 1.82) is 0 Å². The standard InChI is InChI=1S/C6H5.2C6H13.CH3NS2.Mo/c1-2-4-6-5-3-1;2*1-3-5-6-4-2;2-1(3)4;/h1-5H;2*1,3-6H2,2H3;(H3,2,3,4);/q;;;;+1/p-1. The molecule has 0 radical (unpaired) electrons. The molecule has 0 amide bonds. The minimum absolute atomic E-state index is 0.0833. The van der Waals surface area contributed by atoms with Gasteiger partial charge in [-0.25, -0.2) is 0 Å². The molecule has 0 aliphatic carbocycles. The van der Waals surface area contributed by atoms with Gasteiger partial charge < -0.3 is 30.6 Å². The normalized spacial score (nSPS) is 10.2. The fourth-order valence-corrected chi connectivity index (χ4v) is 8.07. The van der Waals surface area contributed by atoms with E-state index in [2.05, 4.69) is 74.8 Å². The summed E-state index contributed by atoms with van der Waals surface area (Å²) in [7, 11) is 0. The molecule has 0 fully saturated rings. The Bertz CT molecular complexity index is 368. The summed E-state index contributed by atoms with van der Waals surface area (Å²) in [6, 6.07) is 11.4. The van der Waals surface area contributed by atoms with Crippen molar-refractivity contribution in [3.05, 3.63) is 30.3 Å². The Morgan fingerprint density at radius 3 is 1.74 bits per heavy atom. The molecule has 0 unspecified atom stereocenters. The molecule has 1 rings (SSSR count). The van der Waals surface area contributed by atoms with Crippen LogP contribution in [-0.2, 0) is 29.9 Å². The number of unbranched alkanes of at least 4 members (excludes halogenated alkanes) is 6. The fourth-order valence-electron chi connectivity index (χ4n) is 2.36. The van der Waals surface area contributed by atoms with E-state index in [0.717, 1.165) is 0 Å². The Labute approximate surface area is 160 Å². The van der Waals surface area contributed by atoms with E-state index in [1.54, 1.807) is 13.6 Å². The van der Waals surface area contributed by atoms with Crippen LogP contribution in [-0.4, -0.2) is 4.32 Å². The van der Waals surface area contributed by atoms with Crippen molar-refractivity contribution in [2.45, 2.75) is 74.8 Å². The second-order valence-corrected chi connectivity index (χ2v) is 12.4. The summed E-state index contributed by atoms with van der Waals surface area (Å²) >= 11 is 7.25. The molecule has 0 atom stereocenters. The molecule has 0 bridgehead atoms. The van der Waals surface area contributed by atoms with Crippen LogP contribution in [0.15, 0.2) is 30.3 Å². The summed E-state index contributed by atoms with van der Waals surface area (Å²) in [4.78, 5) is 3.11. The molecule has 132 valence electrons. The van der Waals surface area contributed by atoms with Gasteiger partial charge in [0.1, 0.15) is 0 Å². The van der Waals surface area contributed by atoms with Gasteiger partial charge in [0.2, 0.25) is 0 Å². The summed E-state index contributed by atoms with van der Waals surface area (Å²) in [5.74, 6) is 0. The third-order valence-corrected chi connectivity index (χ3v) is 9.71. The molecule has 23 heavy (non-hydrogen) atoms. The van der Waals surface area contributed by atoms with Crippen LogP contribution in [0.4, 0.5) is 0 Å². The first kappa shape index (κ1) is 23.0. The van der Waals surface area contributed by atoms with Crippen LogP contribution in [0.3, 0.4) is 0 Å². The molecule has 1 aromatic carbocycles. The smallest absolute Gasteiger partial charge is 0.0708 e. The molecule has 4 heteroatoms.